The van der Waals surface area contributed by atoms with Crippen molar-refractivity contribution < 1.29 is 14.3 Å². The molecule has 0 aliphatic heterocycles. The summed E-state index contributed by atoms with van der Waals surface area (Å²) in [7, 11) is 4.13. The van der Waals surface area contributed by atoms with Gasteiger partial charge in [-0.15, -0.1) is 0 Å². The fourth-order valence-corrected chi connectivity index (χ4v) is 3.07. The lowest BCUT2D eigenvalue weighted by atomic mass is 9.98. The van der Waals surface area contributed by atoms with Crippen LogP contribution in [-0.2, 0) is 15.1 Å². The molecule has 1 atom stereocenters. The van der Waals surface area contributed by atoms with E-state index in [0.717, 1.165) is 9.47 Å². The van der Waals surface area contributed by atoms with E-state index in [2.05, 4.69) is 10.4 Å². The summed E-state index contributed by atoms with van der Waals surface area (Å²) in [4.78, 5) is 53.0. The molecule has 0 aliphatic carbocycles. The number of methoxy groups -OCH3 is 1. The zero-order chi connectivity index (χ0) is 23.5. The Balaban J connectivity index is 2.18. The first-order valence-corrected chi connectivity index (χ1v) is 9.34. The van der Waals surface area contributed by atoms with Crippen LogP contribution in [0.25, 0.3) is 5.69 Å². The number of benzene rings is 2. The van der Waals surface area contributed by atoms with Gasteiger partial charge in [-0.2, -0.15) is 9.94 Å². The molecule has 3 aromatic rings. The van der Waals surface area contributed by atoms with Crippen LogP contribution in [0.4, 0.5) is 5.69 Å². The number of hydrogen-bond acceptors (Lipinski definition) is 6. The maximum Gasteiger partial charge on any atom is 0.354 e. The molecule has 0 saturated heterocycles. The maximum atomic E-state index is 13.3. The van der Waals surface area contributed by atoms with Crippen molar-refractivity contribution in [3.8, 4) is 17.5 Å². The molecule has 0 aliphatic rings. The number of para-hydroxylation sites is 1. The molecule has 1 heterocycles. The number of likely N-dealkylation sites (N-methyl/N-ethyl adjacent to an activating group) is 1. The number of nitriles is 1. The molecule has 2 amide bonds. The monoisotopic (exact) mass is 436 g/mol. The topological polar surface area (TPSA) is 142 Å². The number of aromatic nitrogens is 3. The normalized spacial score (nSPS) is 12.3. The summed E-state index contributed by atoms with van der Waals surface area (Å²) in [6.45, 7) is 0. The number of nitrogens with zero attached hydrogens (tertiary/aromatic N) is 4. The molecule has 0 bridgehead atoms. The summed E-state index contributed by atoms with van der Waals surface area (Å²) in [5.41, 5.74) is -4.22. The van der Waals surface area contributed by atoms with Crippen molar-refractivity contribution in [2.45, 2.75) is 5.54 Å². The van der Waals surface area contributed by atoms with Crippen molar-refractivity contribution >= 4 is 17.5 Å². The number of hydrogen-bond donors (Lipinski definition) is 2. The SMILES string of the molecule is COc1ccc(NC(=O)C(C#N)(C(=O)N(C)C)n2[nH]c(=O)n(-c3ccccc3)c2=O)cc1. The highest BCUT2D eigenvalue weighted by molar-refractivity contribution is 6.15. The number of H-pyrrole nitrogens is 1. The fourth-order valence-electron chi connectivity index (χ4n) is 3.07. The lowest BCUT2D eigenvalue weighted by Crippen LogP contribution is -2.58. The van der Waals surface area contributed by atoms with E-state index in [4.69, 9.17) is 4.74 Å². The molecule has 11 heteroatoms. The quantitative estimate of drug-likeness (QED) is 0.532. The van der Waals surface area contributed by atoms with Crippen LogP contribution in [-0.4, -0.2) is 52.3 Å². The van der Waals surface area contributed by atoms with Gasteiger partial charge in [-0.05, 0) is 36.4 Å². The van der Waals surface area contributed by atoms with Crippen LogP contribution >= 0.6 is 0 Å². The van der Waals surface area contributed by atoms with E-state index in [1.165, 1.54) is 45.5 Å². The highest BCUT2D eigenvalue weighted by Crippen LogP contribution is 2.21. The van der Waals surface area contributed by atoms with Gasteiger partial charge in [0.1, 0.15) is 11.8 Å². The molecule has 11 nitrogen and oxygen atoms in total. The summed E-state index contributed by atoms with van der Waals surface area (Å²) in [5, 5.41) is 14.6. The third kappa shape index (κ3) is 3.65. The van der Waals surface area contributed by atoms with Gasteiger partial charge in [0.2, 0.25) is 0 Å². The van der Waals surface area contributed by atoms with E-state index in [-0.39, 0.29) is 11.4 Å². The van der Waals surface area contributed by atoms with Crippen molar-refractivity contribution in [1.29, 1.82) is 5.26 Å². The van der Waals surface area contributed by atoms with Crippen LogP contribution < -0.4 is 21.4 Å². The third-order valence-electron chi connectivity index (χ3n) is 4.70. The lowest BCUT2D eigenvalue weighted by Gasteiger charge is -2.27. The molecule has 2 N–H and O–H groups in total. The average molecular weight is 436 g/mol. The maximum absolute atomic E-state index is 13.3. The molecule has 1 aromatic heterocycles. The van der Waals surface area contributed by atoms with Crippen molar-refractivity contribution in [1.82, 2.24) is 19.2 Å². The Bertz CT molecular complexity index is 1300. The molecule has 3 rings (SSSR count). The molecule has 0 saturated carbocycles. The highest BCUT2D eigenvalue weighted by Gasteiger charge is 2.52. The van der Waals surface area contributed by atoms with Crippen molar-refractivity contribution in [3.63, 3.8) is 0 Å². The Morgan fingerprint density at radius 1 is 1.09 bits per heavy atom. The second-order valence-electron chi connectivity index (χ2n) is 6.91. The van der Waals surface area contributed by atoms with E-state index >= 15 is 0 Å². The smallest absolute Gasteiger partial charge is 0.354 e. The highest BCUT2D eigenvalue weighted by atomic mass is 16.5. The van der Waals surface area contributed by atoms with Gasteiger partial charge in [-0.3, -0.25) is 9.59 Å². The number of carbonyl (C=O) groups excluding carboxylic acids is 2. The van der Waals surface area contributed by atoms with Gasteiger partial charge >= 0.3 is 16.9 Å². The number of nitrogens with one attached hydrogen (secondary N) is 2. The largest absolute Gasteiger partial charge is 0.497 e. The zero-order valence-electron chi connectivity index (χ0n) is 17.5. The zero-order valence-corrected chi connectivity index (χ0v) is 17.5. The van der Waals surface area contributed by atoms with Crippen molar-refractivity contribution in [2.24, 2.45) is 0 Å². The minimum Gasteiger partial charge on any atom is -0.497 e. The van der Waals surface area contributed by atoms with Gasteiger partial charge in [0.05, 0.1) is 12.8 Å². The average Bonchev–Trinajstić information content (AvgIpc) is 3.09. The number of amides is 2. The molecule has 164 valence electrons. The van der Waals surface area contributed by atoms with Gasteiger partial charge < -0.3 is 15.0 Å². The first kappa shape index (κ1) is 22.1. The van der Waals surface area contributed by atoms with Gasteiger partial charge in [-0.25, -0.2) is 19.3 Å². The van der Waals surface area contributed by atoms with Gasteiger partial charge in [-0.1, -0.05) is 18.2 Å². The third-order valence-corrected chi connectivity index (χ3v) is 4.70. The molecule has 0 spiro atoms. The molecular weight excluding hydrogens is 416 g/mol. The number of anilines is 1. The van der Waals surface area contributed by atoms with E-state index in [0.29, 0.717) is 10.4 Å². The Morgan fingerprint density at radius 3 is 2.25 bits per heavy atom. The van der Waals surface area contributed by atoms with Crippen LogP contribution in [0.5, 0.6) is 5.75 Å². The van der Waals surface area contributed by atoms with E-state index in [1.54, 1.807) is 36.4 Å². The predicted molar refractivity (Wildman–Crippen MR) is 115 cm³/mol. The van der Waals surface area contributed by atoms with Crippen molar-refractivity contribution in [3.05, 3.63) is 75.6 Å². The molecule has 2 aromatic carbocycles. The minimum absolute atomic E-state index is 0.206. The first-order chi connectivity index (χ1) is 15.3. The van der Waals surface area contributed by atoms with Gasteiger partial charge in [0, 0.05) is 19.8 Å². The van der Waals surface area contributed by atoms with E-state index in [1.807, 2.05) is 0 Å². The standard InChI is InChI=1S/C21H20N6O5/c1-25(2)18(29)21(13-22,17(28)23-14-9-11-16(32-3)12-10-14)27-20(31)26(19(30)24-27)15-7-5-4-6-8-15/h4-12H,1-3H3,(H,23,28)(H,24,30). The van der Waals surface area contributed by atoms with Gasteiger partial charge in [0.15, 0.2) is 0 Å². The first-order valence-electron chi connectivity index (χ1n) is 9.34. The second-order valence-corrected chi connectivity index (χ2v) is 6.91. The molecule has 32 heavy (non-hydrogen) atoms. The number of rotatable bonds is 6. The Kier molecular flexibility index (Phi) is 5.97. The molecular formula is C21H20N6O5. The second kappa shape index (κ2) is 8.65. The summed E-state index contributed by atoms with van der Waals surface area (Å²) in [6, 6.07) is 15.7. The molecule has 1 unspecified atom stereocenters. The van der Waals surface area contributed by atoms with Crippen LogP contribution in [0.15, 0.2) is 64.2 Å². The van der Waals surface area contributed by atoms with Crippen LogP contribution in [0.2, 0.25) is 0 Å². The molecule has 0 fully saturated rings. The van der Waals surface area contributed by atoms with E-state index in [9.17, 15) is 24.4 Å². The fraction of sp³-hybridized carbons (Fsp3) is 0.190. The summed E-state index contributed by atoms with van der Waals surface area (Å²) < 4.78 is 6.24. The number of ether oxygens (including phenoxy) is 1. The summed E-state index contributed by atoms with van der Waals surface area (Å²) >= 11 is 0. The number of aromatic amines is 1. The van der Waals surface area contributed by atoms with E-state index < -0.39 is 28.7 Å². The number of carbonyl (C=O) groups is 2. The van der Waals surface area contributed by atoms with Gasteiger partial charge in [0.25, 0.3) is 11.8 Å². The Hall–Kier alpha value is -4.59. The minimum atomic E-state index is -2.71. The summed E-state index contributed by atoms with van der Waals surface area (Å²) in [6.07, 6.45) is 0. The summed E-state index contributed by atoms with van der Waals surface area (Å²) in [5.74, 6) is -1.61. The lowest BCUT2D eigenvalue weighted by molar-refractivity contribution is -0.142. The van der Waals surface area contributed by atoms with Crippen LogP contribution in [0.3, 0.4) is 0 Å². The van der Waals surface area contributed by atoms with Crippen molar-refractivity contribution in [2.75, 3.05) is 26.5 Å². The Labute approximate surface area is 182 Å². The molecule has 0 radical (unpaired) electrons. The van der Waals surface area contributed by atoms with Crippen LogP contribution in [0, 0.1) is 11.3 Å². The Morgan fingerprint density at radius 2 is 1.72 bits per heavy atom. The predicted octanol–water partition coefficient (Wildman–Crippen LogP) is 0.282. The van der Waals surface area contributed by atoms with Crippen LogP contribution in [0.1, 0.15) is 0 Å².